The van der Waals surface area contributed by atoms with Crippen molar-refractivity contribution in [1.82, 2.24) is 0 Å². The van der Waals surface area contributed by atoms with Crippen LogP contribution in [0.5, 0.6) is 0 Å². The van der Waals surface area contributed by atoms with E-state index < -0.39 is 4.92 Å². The summed E-state index contributed by atoms with van der Waals surface area (Å²) in [7, 11) is 0. The molecule has 0 fully saturated rings. The molecule has 0 spiro atoms. The molecule has 2 aromatic carbocycles. The lowest BCUT2D eigenvalue weighted by Crippen LogP contribution is -2.31. The first kappa shape index (κ1) is 15.6. The molecule has 2 aromatic rings. The molecule has 1 aliphatic rings. The number of carbonyl (C=O) groups excluding carboxylic acids is 1. The first-order chi connectivity index (χ1) is 11.1. The molecule has 6 heteroatoms. The van der Waals surface area contributed by atoms with Crippen molar-refractivity contribution in [2.75, 3.05) is 17.2 Å². The molecule has 3 rings (SSSR count). The van der Waals surface area contributed by atoms with Crippen molar-refractivity contribution in [2.24, 2.45) is 0 Å². The average Bonchev–Trinajstić information content (AvgIpc) is 2.76. The lowest BCUT2D eigenvalue weighted by Gasteiger charge is -2.22. The van der Waals surface area contributed by atoms with Crippen molar-refractivity contribution in [1.29, 1.82) is 0 Å². The highest BCUT2D eigenvalue weighted by Gasteiger charge is 2.23. The summed E-state index contributed by atoms with van der Waals surface area (Å²) in [6, 6.07) is 12.4. The minimum atomic E-state index is -0.429. The highest BCUT2D eigenvalue weighted by atomic mass is 32.2. The van der Waals surface area contributed by atoms with E-state index in [1.807, 2.05) is 24.3 Å². The van der Waals surface area contributed by atoms with Crippen LogP contribution in [0.3, 0.4) is 0 Å². The number of thioether (sulfide) groups is 1. The lowest BCUT2D eigenvalue weighted by molar-refractivity contribution is -0.385. The number of para-hydroxylation sites is 1. The monoisotopic (exact) mass is 328 g/mol. The van der Waals surface area contributed by atoms with E-state index in [0.29, 0.717) is 17.7 Å². The number of nitrogens with zero attached hydrogens (tertiary/aromatic N) is 2. The van der Waals surface area contributed by atoms with E-state index in [4.69, 9.17) is 0 Å². The van der Waals surface area contributed by atoms with Crippen LogP contribution >= 0.6 is 11.8 Å². The summed E-state index contributed by atoms with van der Waals surface area (Å²) >= 11 is 1.75. The third-order valence-electron chi connectivity index (χ3n) is 3.83. The largest absolute Gasteiger partial charge is 0.307 e. The van der Waals surface area contributed by atoms with Crippen molar-refractivity contribution in [3.63, 3.8) is 0 Å². The van der Waals surface area contributed by atoms with E-state index >= 15 is 0 Å². The van der Waals surface area contributed by atoms with Gasteiger partial charge in [0.15, 0.2) is 0 Å². The maximum absolute atomic E-state index is 12.9. The quantitative estimate of drug-likeness (QED) is 0.616. The molecule has 1 heterocycles. The number of nitro benzene ring substituents is 1. The molecule has 23 heavy (non-hydrogen) atoms. The van der Waals surface area contributed by atoms with Gasteiger partial charge in [-0.2, -0.15) is 0 Å². The van der Waals surface area contributed by atoms with E-state index in [0.717, 1.165) is 22.8 Å². The van der Waals surface area contributed by atoms with Gasteiger partial charge in [-0.1, -0.05) is 12.1 Å². The zero-order valence-corrected chi connectivity index (χ0v) is 13.5. The van der Waals surface area contributed by atoms with Crippen LogP contribution < -0.4 is 4.90 Å². The predicted molar refractivity (Wildman–Crippen MR) is 91.3 cm³/mol. The van der Waals surface area contributed by atoms with Crippen molar-refractivity contribution in [3.05, 3.63) is 63.7 Å². The van der Waals surface area contributed by atoms with Crippen LogP contribution in [0.4, 0.5) is 11.4 Å². The molecular formula is C17H16N2O3S. The Kier molecular flexibility index (Phi) is 4.34. The molecule has 118 valence electrons. The lowest BCUT2D eigenvalue weighted by atomic mass is 10.1. The fourth-order valence-corrected chi connectivity index (χ4v) is 3.68. The Labute approximate surface area is 138 Å². The third-order valence-corrected chi connectivity index (χ3v) is 4.97. The Balaban J connectivity index is 1.97. The summed E-state index contributed by atoms with van der Waals surface area (Å²) in [5.41, 5.74) is 1.93. The molecule has 5 nitrogen and oxygen atoms in total. The van der Waals surface area contributed by atoms with Crippen LogP contribution in [0.2, 0.25) is 0 Å². The molecule has 0 bridgehead atoms. The number of amides is 1. The normalized spacial score (nSPS) is 14.0. The first-order valence-corrected chi connectivity index (χ1v) is 8.35. The van der Waals surface area contributed by atoms with Crippen molar-refractivity contribution in [2.45, 2.75) is 18.2 Å². The van der Waals surface area contributed by atoms with Gasteiger partial charge in [0.2, 0.25) is 0 Å². The van der Waals surface area contributed by atoms with Gasteiger partial charge in [0.25, 0.3) is 11.6 Å². The highest BCUT2D eigenvalue weighted by molar-refractivity contribution is 7.99. The van der Waals surface area contributed by atoms with Gasteiger partial charge >= 0.3 is 0 Å². The van der Waals surface area contributed by atoms with Crippen LogP contribution in [0.15, 0.2) is 47.4 Å². The maximum atomic E-state index is 12.9. The van der Waals surface area contributed by atoms with Gasteiger partial charge in [-0.25, -0.2) is 0 Å². The summed E-state index contributed by atoms with van der Waals surface area (Å²) in [6.07, 6.45) is 0.914. The van der Waals surface area contributed by atoms with E-state index in [1.165, 1.54) is 12.1 Å². The maximum Gasteiger partial charge on any atom is 0.272 e. The first-order valence-electron chi connectivity index (χ1n) is 7.36. The van der Waals surface area contributed by atoms with Gasteiger partial charge in [-0.3, -0.25) is 14.9 Å². The fraction of sp³-hybridized carbons (Fsp3) is 0.235. The Morgan fingerprint density at radius 3 is 2.78 bits per heavy atom. The fourth-order valence-electron chi connectivity index (χ4n) is 2.69. The summed E-state index contributed by atoms with van der Waals surface area (Å²) in [5.74, 6) is 0.859. The summed E-state index contributed by atoms with van der Waals surface area (Å²) < 4.78 is 0. The zero-order chi connectivity index (χ0) is 16.4. The number of fused-ring (bicyclic) bond motifs is 1. The van der Waals surface area contributed by atoms with E-state index in [-0.39, 0.29) is 11.6 Å². The molecular weight excluding hydrogens is 312 g/mol. The minimum Gasteiger partial charge on any atom is -0.307 e. The van der Waals surface area contributed by atoms with Gasteiger partial charge < -0.3 is 4.90 Å². The summed E-state index contributed by atoms with van der Waals surface area (Å²) in [5, 5.41) is 10.9. The van der Waals surface area contributed by atoms with Crippen LogP contribution in [0.25, 0.3) is 0 Å². The second kappa shape index (κ2) is 6.42. The van der Waals surface area contributed by atoms with E-state index in [9.17, 15) is 14.9 Å². The second-order valence-electron chi connectivity index (χ2n) is 5.38. The van der Waals surface area contributed by atoms with Crippen LogP contribution in [0, 0.1) is 17.0 Å². The van der Waals surface area contributed by atoms with Gasteiger partial charge in [0.1, 0.15) is 0 Å². The highest BCUT2D eigenvalue weighted by Crippen LogP contribution is 2.34. The minimum absolute atomic E-state index is 0.0355. The molecule has 0 aliphatic carbocycles. The average molecular weight is 328 g/mol. The Morgan fingerprint density at radius 1 is 1.26 bits per heavy atom. The van der Waals surface area contributed by atoms with Crippen LogP contribution in [-0.4, -0.2) is 23.1 Å². The van der Waals surface area contributed by atoms with Crippen molar-refractivity contribution in [3.8, 4) is 0 Å². The molecule has 0 radical (unpaired) electrons. The number of benzene rings is 2. The number of anilines is 1. The number of nitro groups is 1. The van der Waals surface area contributed by atoms with Gasteiger partial charge in [0, 0.05) is 28.6 Å². The SMILES string of the molecule is Cc1cc(C(=O)N2CCCSc3ccccc32)ccc1[N+](=O)[O-]. The summed E-state index contributed by atoms with van der Waals surface area (Å²) in [4.78, 5) is 26.3. The number of rotatable bonds is 2. The third kappa shape index (κ3) is 3.07. The summed E-state index contributed by atoms with van der Waals surface area (Å²) in [6.45, 7) is 2.31. The Morgan fingerprint density at radius 2 is 2.04 bits per heavy atom. The number of aryl methyl sites for hydroxylation is 1. The van der Waals surface area contributed by atoms with E-state index in [1.54, 1.807) is 29.7 Å². The molecule has 0 N–H and O–H groups in total. The molecule has 1 amide bonds. The van der Waals surface area contributed by atoms with Gasteiger partial charge in [0.05, 0.1) is 10.6 Å². The predicted octanol–water partition coefficient (Wildman–Crippen LogP) is 4.05. The van der Waals surface area contributed by atoms with Crippen LogP contribution in [0.1, 0.15) is 22.3 Å². The zero-order valence-electron chi connectivity index (χ0n) is 12.7. The Bertz CT molecular complexity index is 776. The van der Waals surface area contributed by atoms with Crippen LogP contribution in [-0.2, 0) is 0 Å². The number of hydrogen-bond donors (Lipinski definition) is 0. The molecule has 0 saturated carbocycles. The molecule has 0 unspecified atom stereocenters. The molecule has 1 aliphatic heterocycles. The van der Waals surface area contributed by atoms with Crippen molar-refractivity contribution >= 4 is 29.0 Å². The van der Waals surface area contributed by atoms with Crippen molar-refractivity contribution < 1.29 is 9.72 Å². The smallest absolute Gasteiger partial charge is 0.272 e. The molecule has 0 aromatic heterocycles. The number of hydrogen-bond acceptors (Lipinski definition) is 4. The molecule has 0 atom stereocenters. The van der Waals surface area contributed by atoms with E-state index in [2.05, 4.69) is 0 Å². The van der Waals surface area contributed by atoms with Gasteiger partial charge in [-0.15, -0.1) is 11.8 Å². The standard InChI is InChI=1S/C17H16N2O3S/c1-12-11-13(7-8-14(12)19(21)22)17(20)18-9-4-10-23-16-6-3-2-5-15(16)18/h2-3,5-8,11H,4,9-10H2,1H3. The molecule has 0 saturated heterocycles. The Hall–Kier alpha value is -2.34. The number of carbonyl (C=O) groups is 1. The topological polar surface area (TPSA) is 63.5 Å². The van der Waals surface area contributed by atoms with Gasteiger partial charge in [-0.05, 0) is 43.4 Å². The second-order valence-corrected chi connectivity index (χ2v) is 6.52.